The molecule has 0 fully saturated rings. The summed E-state index contributed by atoms with van der Waals surface area (Å²) in [5.74, 6) is 0.918. The fourth-order valence-electron chi connectivity index (χ4n) is 9.88. The van der Waals surface area contributed by atoms with E-state index in [4.69, 9.17) is 9.05 Å². The van der Waals surface area contributed by atoms with Gasteiger partial charge in [-0.25, -0.2) is 4.57 Å². The molecule has 1 aliphatic heterocycles. The summed E-state index contributed by atoms with van der Waals surface area (Å²) in [6.07, 6.45) is 2.46. The summed E-state index contributed by atoms with van der Waals surface area (Å²) < 4.78 is 25.8. The number of rotatable bonds is 2. The quantitative estimate of drug-likeness (QED) is 0.147. The van der Waals surface area contributed by atoms with Crippen LogP contribution >= 0.6 is 7.82 Å². The van der Waals surface area contributed by atoms with Gasteiger partial charge in [-0.2, -0.15) is 0 Å². The van der Waals surface area contributed by atoms with Gasteiger partial charge in [-0.15, -0.1) is 0 Å². The Bertz CT molecular complexity index is 2710. The highest BCUT2D eigenvalue weighted by atomic mass is 31.2. The Labute approximate surface area is 289 Å². The third kappa shape index (κ3) is 3.84. The Morgan fingerprint density at radius 1 is 0.600 bits per heavy atom. The van der Waals surface area contributed by atoms with E-state index >= 15 is 0 Å². The summed E-state index contributed by atoms with van der Waals surface area (Å²) in [6, 6.07) is 49.1. The molecule has 0 aromatic heterocycles. The van der Waals surface area contributed by atoms with Crippen molar-refractivity contribution in [1.29, 1.82) is 0 Å². The molecule has 8 aromatic rings. The van der Waals surface area contributed by atoms with E-state index < -0.39 is 13.2 Å². The minimum Gasteiger partial charge on any atom is -0.395 e. The molecule has 2 aliphatic carbocycles. The minimum absolute atomic E-state index is 0.0292. The van der Waals surface area contributed by atoms with Gasteiger partial charge in [0.25, 0.3) is 0 Å². The van der Waals surface area contributed by atoms with Gasteiger partial charge >= 0.3 is 7.82 Å². The molecule has 240 valence electrons. The fraction of sp³-hybridized carbons (Fsp3) is 0.111. The number of phosphoric ester groups is 1. The lowest BCUT2D eigenvalue weighted by atomic mass is 9.74. The molecule has 1 heterocycles. The van der Waals surface area contributed by atoms with Crippen LogP contribution in [-0.4, -0.2) is 4.89 Å². The summed E-state index contributed by atoms with van der Waals surface area (Å²) in [4.78, 5) is 11.2. The van der Waals surface area contributed by atoms with Crippen molar-refractivity contribution in [2.24, 2.45) is 0 Å². The zero-order chi connectivity index (χ0) is 33.2. The van der Waals surface area contributed by atoms with Crippen molar-refractivity contribution >= 4 is 50.9 Å². The molecule has 3 unspecified atom stereocenters. The molecule has 1 N–H and O–H groups in total. The van der Waals surface area contributed by atoms with Gasteiger partial charge in [0.05, 0.1) is 0 Å². The summed E-state index contributed by atoms with van der Waals surface area (Å²) in [5.41, 5.74) is 7.58. The van der Waals surface area contributed by atoms with E-state index in [2.05, 4.69) is 121 Å². The lowest BCUT2D eigenvalue weighted by molar-refractivity contribution is 0.280. The molecule has 4 nitrogen and oxygen atoms in total. The molecule has 0 saturated heterocycles. The Hall–Kier alpha value is -5.41. The molecule has 3 aliphatic rings. The standard InChI is InChI=1S/C45H31O4P/c46-50(47)48-39-19-9-18-36-38(42-33-16-7-3-12-29(33)25-30-13-4-8-17-34(30)42)26-45(43(36)39)23-22-37-35(20-21-40(49-50)44(37)45)41-31-14-5-1-10-27(31)24-28-11-2-6-15-32(28)41/h1-21,24-25,38H,22-23,26H2,(H,46,47). The van der Waals surface area contributed by atoms with Gasteiger partial charge in [-0.1, -0.05) is 115 Å². The third-order valence-electron chi connectivity index (χ3n) is 11.6. The van der Waals surface area contributed by atoms with Crippen LogP contribution in [0.4, 0.5) is 0 Å². The SMILES string of the molecule is O=P1(O)Oc2cccc3c2C2(CCc4c(-c5c6ccccc6cc6ccccc56)ccc(c42)O1)CC3c1c2ccccc2cc2ccccc12. The van der Waals surface area contributed by atoms with Crippen LogP contribution in [0.3, 0.4) is 0 Å². The summed E-state index contributed by atoms with van der Waals surface area (Å²) in [6.45, 7) is 0. The second-order valence-electron chi connectivity index (χ2n) is 14.1. The van der Waals surface area contributed by atoms with Crippen molar-refractivity contribution in [3.8, 4) is 22.6 Å². The van der Waals surface area contributed by atoms with Crippen molar-refractivity contribution in [3.05, 3.63) is 167 Å². The first-order valence-corrected chi connectivity index (χ1v) is 18.8. The number of hydrogen-bond donors (Lipinski definition) is 1. The Morgan fingerprint density at radius 2 is 1.14 bits per heavy atom. The highest BCUT2D eigenvalue weighted by Gasteiger charge is 2.55. The van der Waals surface area contributed by atoms with Crippen LogP contribution in [0.25, 0.3) is 54.2 Å². The van der Waals surface area contributed by atoms with Crippen LogP contribution in [0.15, 0.2) is 140 Å². The first-order valence-electron chi connectivity index (χ1n) is 17.3. The predicted molar refractivity (Wildman–Crippen MR) is 201 cm³/mol. The molecule has 5 heteroatoms. The lowest BCUT2D eigenvalue weighted by Gasteiger charge is -2.33. The van der Waals surface area contributed by atoms with Crippen LogP contribution < -0.4 is 9.05 Å². The van der Waals surface area contributed by atoms with Crippen LogP contribution in [0, 0.1) is 0 Å². The van der Waals surface area contributed by atoms with Gasteiger partial charge in [0.15, 0.2) is 0 Å². The van der Waals surface area contributed by atoms with Crippen LogP contribution in [0.1, 0.15) is 46.6 Å². The number of phosphoric acid groups is 1. The molecule has 11 rings (SSSR count). The van der Waals surface area contributed by atoms with E-state index in [-0.39, 0.29) is 5.92 Å². The molecular formula is C45H31O4P. The molecule has 3 atom stereocenters. The molecular weight excluding hydrogens is 635 g/mol. The van der Waals surface area contributed by atoms with E-state index in [0.29, 0.717) is 11.5 Å². The maximum Gasteiger partial charge on any atom is 0.584 e. The van der Waals surface area contributed by atoms with E-state index in [9.17, 15) is 9.46 Å². The molecule has 0 bridgehead atoms. The largest absolute Gasteiger partial charge is 0.584 e. The monoisotopic (exact) mass is 666 g/mol. The van der Waals surface area contributed by atoms with Gasteiger partial charge in [0, 0.05) is 22.5 Å². The molecule has 1 spiro atoms. The predicted octanol–water partition coefficient (Wildman–Crippen LogP) is 11.6. The molecule has 0 saturated carbocycles. The Kier molecular flexibility index (Phi) is 5.73. The average molecular weight is 667 g/mol. The molecule has 0 radical (unpaired) electrons. The van der Waals surface area contributed by atoms with Crippen LogP contribution in [0.2, 0.25) is 0 Å². The van der Waals surface area contributed by atoms with Crippen molar-refractivity contribution in [1.82, 2.24) is 0 Å². The maximum absolute atomic E-state index is 13.7. The third-order valence-corrected chi connectivity index (χ3v) is 12.5. The minimum atomic E-state index is -4.50. The van der Waals surface area contributed by atoms with E-state index in [1.807, 2.05) is 18.2 Å². The first kappa shape index (κ1) is 28.4. The topological polar surface area (TPSA) is 55.8 Å². The van der Waals surface area contributed by atoms with E-state index in [0.717, 1.165) is 41.5 Å². The van der Waals surface area contributed by atoms with Crippen LogP contribution in [-0.2, 0) is 16.4 Å². The van der Waals surface area contributed by atoms with E-state index in [1.54, 1.807) is 0 Å². The summed E-state index contributed by atoms with van der Waals surface area (Å²) in [5, 5.41) is 9.65. The highest BCUT2D eigenvalue weighted by molar-refractivity contribution is 7.48. The molecule has 0 amide bonds. The summed E-state index contributed by atoms with van der Waals surface area (Å²) >= 11 is 0. The van der Waals surface area contributed by atoms with Crippen LogP contribution in [0.5, 0.6) is 11.5 Å². The molecule has 50 heavy (non-hydrogen) atoms. The van der Waals surface area contributed by atoms with Gasteiger partial charge in [-0.3, -0.25) is 4.89 Å². The average Bonchev–Trinajstić information content (AvgIpc) is 3.68. The fourth-order valence-corrected chi connectivity index (χ4v) is 10.7. The molecule has 8 aromatic carbocycles. The number of hydrogen-bond acceptors (Lipinski definition) is 3. The van der Waals surface area contributed by atoms with Crippen molar-refractivity contribution in [2.75, 3.05) is 0 Å². The van der Waals surface area contributed by atoms with Crippen molar-refractivity contribution < 1.29 is 18.5 Å². The number of benzene rings is 8. The van der Waals surface area contributed by atoms with E-state index in [1.165, 1.54) is 59.8 Å². The first-order chi connectivity index (χ1) is 24.5. The van der Waals surface area contributed by atoms with Gasteiger partial charge in [0.1, 0.15) is 11.5 Å². The lowest BCUT2D eigenvalue weighted by Crippen LogP contribution is -2.25. The van der Waals surface area contributed by atoms with Gasteiger partial charge < -0.3 is 9.05 Å². The Balaban J connectivity index is 1.24. The van der Waals surface area contributed by atoms with Gasteiger partial charge in [-0.05, 0) is 114 Å². The van der Waals surface area contributed by atoms with Crippen molar-refractivity contribution in [2.45, 2.75) is 30.6 Å². The second-order valence-corrected chi connectivity index (χ2v) is 15.4. The zero-order valence-corrected chi connectivity index (χ0v) is 28.0. The second kappa shape index (κ2) is 10.1. The maximum atomic E-state index is 13.7. The highest BCUT2D eigenvalue weighted by Crippen LogP contribution is 2.67. The smallest absolute Gasteiger partial charge is 0.395 e. The van der Waals surface area contributed by atoms with Crippen molar-refractivity contribution in [3.63, 3.8) is 0 Å². The zero-order valence-electron chi connectivity index (χ0n) is 27.1. The number of fused-ring (bicyclic) bond motifs is 4. The Morgan fingerprint density at radius 3 is 1.76 bits per heavy atom. The summed E-state index contributed by atoms with van der Waals surface area (Å²) in [7, 11) is -4.50. The normalized spacial score (nSPS) is 21.8. The van der Waals surface area contributed by atoms with Gasteiger partial charge in [0.2, 0.25) is 0 Å².